The molecule has 0 aromatic carbocycles. The van der Waals surface area contributed by atoms with Gasteiger partial charge < -0.3 is 0 Å². The first-order chi connectivity index (χ1) is 15.9. The largest absolute Gasteiger partial charge is 0.102 e. The monoisotopic (exact) mass is 473 g/mol. The zero-order chi connectivity index (χ0) is 27.7. The number of allylic oxidation sites excluding steroid dienone is 11. The van der Waals surface area contributed by atoms with Crippen molar-refractivity contribution in [1.29, 1.82) is 0 Å². The molecule has 0 heterocycles. The van der Waals surface area contributed by atoms with Gasteiger partial charge in [-0.2, -0.15) is 0 Å². The molecular formula is C34H64. The summed E-state index contributed by atoms with van der Waals surface area (Å²) in [7, 11) is 0. The van der Waals surface area contributed by atoms with Crippen LogP contribution in [0.1, 0.15) is 123 Å². The van der Waals surface area contributed by atoms with E-state index in [-0.39, 0.29) is 0 Å². The van der Waals surface area contributed by atoms with Crippen LogP contribution in [0.15, 0.2) is 71.4 Å². The smallest absolute Gasteiger partial charge is 0.00511 e. The first kappa shape index (κ1) is 39.6. The summed E-state index contributed by atoms with van der Waals surface area (Å²) in [6.07, 6.45) is 19.1. The molecule has 0 bridgehead atoms. The molecule has 34 heavy (non-hydrogen) atoms. The first-order valence-electron chi connectivity index (χ1n) is 13.9. The van der Waals surface area contributed by atoms with Crippen molar-refractivity contribution in [2.45, 2.75) is 123 Å². The fraction of sp³-hybridized carbons (Fsp3) is 0.647. The van der Waals surface area contributed by atoms with Crippen molar-refractivity contribution >= 4 is 0 Å². The Bertz CT molecular complexity index is 600. The van der Waals surface area contributed by atoms with Gasteiger partial charge in [0.2, 0.25) is 0 Å². The van der Waals surface area contributed by atoms with Gasteiger partial charge in [0.1, 0.15) is 0 Å². The molecule has 3 unspecified atom stereocenters. The van der Waals surface area contributed by atoms with Gasteiger partial charge in [0.25, 0.3) is 0 Å². The molecule has 0 radical (unpaired) electrons. The van der Waals surface area contributed by atoms with Crippen molar-refractivity contribution in [3.05, 3.63) is 71.4 Å². The zero-order valence-electron chi connectivity index (χ0n) is 26.2. The molecule has 3 atom stereocenters. The van der Waals surface area contributed by atoms with Gasteiger partial charge in [-0.15, -0.1) is 6.58 Å². The lowest BCUT2D eigenvalue weighted by Gasteiger charge is -2.13. The number of hydrogen-bond donors (Lipinski definition) is 0. The summed E-state index contributed by atoms with van der Waals surface area (Å²) in [5.74, 6) is 2.52. The third kappa shape index (κ3) is 28.5. The third-order valence-corrected chi connectivity index (χ3v) is 5.62. The van der Waals surface area contributed by atoms with Crippen LogP contribution in [0, 0.1) is 23.7 Å². The average Bonchev–Trinajstić information content (AvgIpc) is 2.84. The fourth-order valence-corrected chi connectivity index (χ4v) is 2.39. The third-order valence-electron chi connectivity index (χ3n) is 5.62. The second-order valence-electron chi connectivity index (χ2n) is 9.57. The molecule has 0 aliphatic rings. The van der Waals surface area contributed by atoms with Crippen molar-refractivity contribution in [1.82, 2.24) is 0 Å². The predicted molar refractivity (Wildman–Crippen MR) is 165 cm³/mol. The summed E-state index contributed by atoms with van der Waals surface area (Å²) >= 11 is 0. The Hall–Kier alpha value is -1.56. The molecule has 0 spiro atoms. The van der Waals surface area contributed by atoms with E-state index >= 15 is 0 Å². The minimum absolute atomic E-state index is 0.462. The quantitative estimate of drug-likeness (QED) is 0.207. The van der Waals surface area contributed by atoms with Crippen LogP contribution in [0.5, 0.6) is 0 Å². The maximum Gasteiger partial charge on any atom is -0.00511 e. The molecule has 0 aliphatic carbocycles. The maximum atomic E-state index is 3.77. The van der Waals surface area contributed by atoms with E-state index in [1.54, 1.807) is 0 Å². The summed E-state index contributed by atoms with van der Waals surface area (Å²) in [6.45, 7) is 36.1. The molecule has 0 nitrogen and oxygen atoms in total. The molecule has 0 rings (SSSR count). The molecule has 0 saturated heterocycles. The van der Waals surface area contributed by atoms with Gasteiger partial charge in [-0.1, -0.05) is 140 Å². The molecule has 0 saturated carbocycles. The molecule has 0 aliphatic heterocycles. The van der Waals surface area contributed by atoms with Crippen LogP contribution in [-0.2, 0) is 0 Å². The van der Waals surface area contributed by atoms with E-state index in [2.05, 4.69) is 119 Å². The highest BCUT2D eigenvalue weighted by molar-refractivity contribution is 5.19. The second kappa shape index (κ2) is 27.7. The van der Waals surface area contributed by atoms with Crippen molar-refractivity contribution < 1.29 is 0 Å². The van der Waals surface area contributed by atoms with E-state index < -0.39 is 0 Å². The first-order valence-corrected chi connectivity index (χ1v) is 13.9. The Balaban J connectivity index is -0.000000230. The number of rotatable bonds is 11. The lowest BCUT2D eigenvalue weighted by Crippen LogP contribution is -1.99. The maximum absolute atomic E-state index is 3.77. The molecule has 0 heteroatoms. The molecule has 0 aromatic heterocycles. The fourth-order valence-electron chi connectivity index (χ4n) is 2.39. The average molecular weight is 473 g/mol. The van der Waals surface area contributed by atoms with Crippen LogP contribution in [0.3, 0.4) is 0 Å². The second-order valence-corrected chi connectivity index (χ2v) is 9.57. The SMILES string of the molecule is C=CC(C)/C=C\C(C)/C(C)=C/C=C(C)C.CC.CC.CC/C(C)=C/C=C(\C)C(C)CCC(C)C. The van der Waals surface area contributed by atoms with E-state index in [9.17, 15) is 0 Å². The van der Waals surface area contributed by atoms with Crippen LogP contribution in [0.2, 0.25) is 0 Å². The van der Waals surface area contributed by atoms with E-state index in [0.29, 0.717) is 11.8 Å². The Morgan fingerprint density at radius 3 is 1.59 bits per heavy atom. The highest BCUT2D eigenvalue weighted by atomic mass is 14.1. The van der Waals surface area contributed by atoms with Crippen LogP contribution < -0.4 is 0 Å². The van der Waals surface area contributed by atoms with E-state index in [1.807, 2.05) is 33.8 Å². The molecular weight excluding hydrogens is 408 g/mol. The molecule has 200 valence electrons. The van der Waals surface area contributed by atoms with Crippen molar-refractivity contribution in [3.63, 3.8) is 0 Å². The predicted octanol–water partition coefficient (Wildman–Crippen LogP) is 12.3. The minimum atomic E-state index is 0.462. The lowest BCUT2D eigenvalue weighted by molar-refractivity contribution is 0.489. The molecule has 0 fully saturated rings. The summed E-state index contributed by atoms with van der Waals surface area (Å²) in [4.78, 5) is 0. The summed E-state index contributed by atoms with van der Waals surface area (Å²) in [5, 5.41) is 0. The standard InChI is InChI=1S/C15H28.C15H24.2C2H6/c2*1-7-13(4)9-11-15(6)14(5)10-8-12(2)3;2*1-2/h9,11-12,14H,7-8,10H2,1-6H3;7-11,13,15H,1H2,2-6H3;2*1-2H3/b13-9+,15-11+;11-9-,14-10+;;. The molecule has 0 amide bonds. The van der Waals surface area contributed by atoms with Gasteiger partial charge in [0, 0.05) is 0 Å². The molecule has 0 aromatic rings. The highest BCUT2D eigenvalue weighted by Gasteiger charge is 2.04. The van der Waals surface area contributed by atoms with Crippen LogP contribution in [0.25, 0.3) is 0 Å². The Kier molecular flexibility index (Phi) is 32.3. The minimum Gasteiger partial charge on any atom is -0.102 e. The number of hydrogen-bond acceptors (Lipinski definition) is 0. The zero-order valence-corrected chi connectivity index (χ0v) is 26.2. The van der Waals surface area contributed by atoms with Gasteiger partial charge in [-0.05, 0) is 71.1 Å². The van der Waals surface area contributed by atoms with E-state index in [1.165, 1.54) is 35.1 Å². The van der Waals surface area contributed by atoms with Crippen LogP contribution in [0.4, 0.5) is 0 Å². The van der Waals surface area contributed by atoms with Crippen molar-refractivity contribution in [2.75, 3.05) is 0 Å². The summed E-state index contributed by atoms with van der Waals surface area (Å²) in [6, 6.07) is 0. The van der Waals surface area contributed by atoms with Crippen molar-refractivity contribution in [2.24, 2.45) is 23.7 Å². The Morgan fingerprint density at radius 2 is 1.18 bits per heavy atom. The van der Waals surface area contributed by atoms with Gasteiger partial charge in [-0.3, -0.25) is 0 Å². The molecule has 0 N–H and O–H groups in total. The van der Waals surface area contributed by atoms with Gasteiger partial charge in [0.05, 0.1) is 0 Å². The van der Waals surface area contributed by atoms with E-state index in [0.717, 1.165) is 18.3 Å². The van der Waals surface area contributed by atoms with Gasteiger partial charge >= 0.3 is 0 Å². The summed E-state index contributed by atoms with van der Waals surface area (Å²) in [5.41, 5.74) is 5.71. The normalized spacial score (nSPS) is 14.5. The van der Waals surface area contributed by atoms with Crippen LogP contribution in [-0.4, -0.2) is 0 Å². The van der Waals surface area contributed by atoms with E-state index in [4.69, 9.17) is 0 Å². The van der Waals surface area contributed by atoms with Crippen molar-refractivity contribution in [3.8, 4) is 0 Å². The lowest BCUT2D eigenvalue weighted by atomic mass is 9.93. The summed E-state index contributed by atoms with van der Waals surface area (Å²) < 4.78 is 0. The topological polar surface area (TPSA) is 0 Å². The van der Waals surface area contributed by atoms with Gasteiger partial charge in [-0.25, -0.2) is 0 Å². The van der Waals surface area contributed by atoms with Crippen LogP contribution >= 0.6 is 0 Å². The van der Waals surface area contributed by atoms with Gasteiger partial charge in [0.15, 0.2) is 0 Å². The Labute approximate surface area is 218 Å². The Morgan fingerprint density at radius 1 is 0.676 bits per heavy atom. The highest BCUT2D eigenvalue weighted by Crippen LogP contribution is 2.19.